The minimum atomic E-state index is -4.99. The van der Waals surface area contributed by atoms with Gasteiger partial charge in [-0.05, 0) is 50.5 Å². The van der Waals surface area contributed by atoms with Gasteiger partial charge in [-0.3, -0.25) is 4.79 Å². The molecule has 162 valence electrons. The van der Waals surface area contributed by atoms with Crippen molar-refractivity contribution >= 4 is 11.0 Å². The lowest BCUT2D eigenvalue weighted by Gasteiger charge is -2.17. The van der Waals surface area contributed by atoms with Crippen molar-refractivity contribution in [3.05, 3.63) is 57.9 Å². The van der Waals surface area contributed by atoms with Gasteiger partial charge in [0, 0.05) is 6.54 Å². The van der Waals surface area contributed by atoms with Gasteiger partial charge in [0.25, 0.3) is 5.76 Å². The van der Waals surface area contributed by atoms with Crippen LogP contribution in [0.25, 0.3) is 11.0 Å². The molecule has 2 aromatic carbocycles. The highest BCUT2D eigenvalue weighted by atomic mass is 79.9. The molecule has 3 rings (SSSR count). The first-order chi connectivity index (χ1) is 13.6. The minimum absolute atomic E-state index is 0. The Bertz CT molecular complexity index is 1090. The van der Waals surface area contributed by atoms with Crippen molar-refractivity contribution in [3.8, 4) is 23.0 Å². The number of phenols is 1. The zero-order valence-electron chi connectivity index (χ0n) is 16.2. The predicted molar refractivity (Wildman–Crippen MR) is 99.6 cm³/mol. The van der Waals surface area contributed by atoms with Crippen LogP contribution < -0.4 is 31.9 Å². The number of hydrogen-bond donors (Lipinski definition) is 1. The normalized spacial score (nSPS) is 11.4. The number of halogens is 4. The van der Waals surface area contributed by atoms with Crippen molar-refractivity contribution in [2.45, 2.75) is 12.7 Å². The molecule has 0 saturated heterocycles. The molecule has 6 nitrogen and oxygen atoms in total. The highest BCUT2D eigenvalue weighted by Crippen LogP contribution is 2.40. The number of alkyl halides is 3. The first-order valence-corrected chi connectivity index (χ1v) is 8.47. The van der Waals surface area contributed by atoms with Crippen LogP contribution in [0, 0.1) is 0 Å². The van der Waals surface area contributed by atoms with E-state index in [4.69, 9.17) is 13.9 Å². The van der Waals surface area contributed by atoms with Crippen molar-refractivity contribution < 1.29 is 49.2 Å². The molecule has 3 aromatic rings. The molecule has 0 amide bonds. The average molecular weight is 489 g/mol. The second kappa shape index (κ2) is 8.97. The van der Waals surface area contributed by atoms with Crippen LogP contribution in [0.3, 0.4) is 0 Å². The van der Waals surface area contributed by atoms with Crippen LogP contribution in [0.1, 0.15) is 11.3 Å². The molecule has 0 aliphatic rings. The van der Waals surface area contributed by atoms with Crippen LogP contribution in [0.5, 0.6) is 23.0 Å². The maximum Gasteiger partial charge on any atom is 0.453 e. The molecule has 0 aliphatic carbocycles. The van der Waals surface area contributed by atoms with Gasteiger partial charge in [-0.15, -0.1) is 0 Å². The fraction of sp³-hybridized carbons (Fsp3) is 0.250. The molecule has 0 aliphatic heterocycles. The zero-order chi connectivity index (χ0) is 21.3. The van der Waals surface area contributed by atoms with Crippen LogP contribution in [0.2, 0.25) is 0 Å². The second-order valence-electron chi connectivity index (χ2n) is 6.54. The summed E-state index contributed by atoms with van der Waals surface area (Å²) < 4.78 is 56.4. The van der Waals surface area contributed by atoms with Gasteiger partial charge in [0.2, 0.25) is 11.2 Å². The Balaban J connectivity index is 0.00000320. The van der Waals surface area contributed by atoms with E-state index < -0.39 is 23.1 Å². The fourth-order valence-corrected chi connectivity index (χ4v) is 2.80. The third-order valence-electron chi connectivity index (χ3n) is 4.11. The standard InChI is InChI=1S/C20H18F3NO5.BrH/c1-24(2)10-14-15(25)9-8-13-16(26)18(19(20(21,22)23)29-17(13)14)28-12-6-4-11(27-3)5-7-12;/h4-9,25H,10H2,1-3H3;1H/p-1. The number of rotatable bonds is 5. The SMILES string of the molecule is COc1ccc(Oc2c(C(F)(F)F)oc3c(CN(C)C)c(O)ccc3c2=O)cc1.[Br-]. The van der Waals surface area contributed by atoms with Crippen molar-refractivity contribution in [2.24, 2.45) is 0 Å². The molecule has 0 bridgehead atoms. The third-order valence-corrected chi connectivity index (χ3v) is 4.11. The number of benzene rings is 2. The second-order valence-corrected chi connectivity index (χ2v) is 6.54. The Hall–Kier alpha value is -2.72. The molecule has 0 spiro atoms. The molecule has 30 heavy (non-hydrogen) atoms. The van der Waals surface area contributed by atoms with E-state index in [0.29, 0.717) is 5.75 Å². The molecule has 1 heterocycles. The van der Waals surface area contributed by atoms with Gasteiger partial charge < -0.3 is 40.9 Å². The average Bonchev–Trinajstić information content (AvgIpc) is 2.65. The first-order valence-electron chi connectivity index (χ1n) is 8.47. The maximum atomic E-state index is 13.7. The molecule has 0 saturated carbocycles. The molecule has 0 radical (unpaired) electrons. The summed E-state index contributed by atoms with van der Waals surface area (Å²) >= 11 is 0. The lowest BCUT2D eigenvalue weighted by Crippen LogP contribution is -3.00. The number of phenolic OH excluding ortho intramolecular Hbond substituents is 1. The van der Waals surface area contributed by atoms with Gasteiger partial charge in [0.1, 0.15) is 22.8 Å². The first kappa shape index (κ1) is 23.6. The number of nitrogens with zero attached hydrogens (tertiary/aromatic N) is 1. The van der Waals surface area contributed by atoms with Crippen LogP contribution >= 0.6 is 0 Å². The summed E-state index contributed by atoms with van der Waals surface area (Å²) in [6, 6.07) is 8.16. The van der Waals surface area contributed by atoms with Gasteiger partial charge >= 0.3 is 6.18 Å². The Morgan fingerprint density at radius 1 is 1.07 bits per heavy atom. The maximum absolute atomic E-state index is 13.7. The molecular weight excluding hydrogens is 471 g/mol. The lowest BCUT2D eigenvalue weighted by atomic mass is 10.1. The Kier molecular flexibility index (Phi) is 7.04. The highest BCUT2D eigenvalue weighted by molar-refractivity contribution is 5.83. The van der Waals surface area contributed by atoms with E-state index in [-0.39, 0.29) is 51.6 Å². The lowest BCUT2D eigenvalue weighted by molar-refractivity contribution is -0.154. The molecule has 0 fully saturated rings. The minimum Gasteiger partial charge on any atom is -1.00 e. The Morgan fingerprint density at radius 3 is 2.20 bits per heavy atom. The van der Waals surface area contributed by atoms with Crippen LogP contribution in [0.15, 0.2) is 45.6 Å². The van der Waals surface area contributed by atoms with E-state index in [1.807, 2.05) is 0 Å². The van der Waals surface area contributed by atoms with Crippen molar-refractivity contribution in [1.82, 2.24) is 4.90 Å². The molecule has 0 unspecified atom stereocenters. The van der Waals surface area contributed by atoms with Gasteiger partial charge in [0.05, 0.1) is 18.1 Å². The summed E-state index contributed by atoms with van der Waals surface area (Å²) in [5.74, 6) is -2.34. The van der Waals surface area contributed by atoms with Gasteiger partial charge in [-0.25, -0.2) is 0 Å². The Morgan fingerprint density at radius 2 is 1.67 bits per heavy atom. The van der Waals surface area contributed by atoms with E-state index in [1.165, 1.54) is 43.5 Å². The topological polar surface area (TPSA) is 72.1 Å². The number of hydrogen-bond acceptors (Lipinski definition) is 6. The van der Waals surface area contributed by atoms with Gasteiger partial charge in [-0.2, -0.15) is 13.2 Å². The summed E-state index contributed by atoms with van der Waals surface area (Å²) in [4.78, 5) is 14.5. The molecule has 10 heteroatoms. The summed E-state index contributed by atoms with van der Waals surface area (Å²) in [5, 5.41) is 9.95. The van der Waals surface area contributed by atoms with Crippen molar-refractivity contribution in [2.75, 3.05) is 21.2 Å². The smallest absolute Gasteiger partial charge is 0.453 e. The van der Waals surface area contributed by atoms with E-state index in [1.54, 1.807) is 19.0 Å². The largest absolute Gasteiger partial charge is 1.00 e. The van der Waals surface area contributed by atoms with E-state index >= 15 is 0 Å². The quantitative estimate of drug-likeness (QED) is 0.585. The van der Waals surface area contributed by atoms with Crippen molar-refractivity contribution in [1.29, 1.82) is 0 Å². The molecule has 1 aromatic heterocycles. The molecular formula is C20H18BrF3NO5-. The van der Waals surface area contributed by atoms with Crippen LogP contribution in [-0.2, 0) is 12.7 Å². The number of aromatic hydroxyl groups is 1. The zero-order valence-corrected chi connectivity index (χ0v) is 17.8. The van der Waals surface area contributed by atoms with E-state index in [0.717, 1.165) is 0 Å². The summed E-state index contributed by atoms with van der Waals surface area (Å²) in [7, 11) is 4.78. The monoisotopic (exact) mass is 488 g/mol. The molecule has 1 N–H and O–H groups in total. The van der Waals surface area contributed by atoms with Crippen LogP contribution in [-0.4, -0.2) is 31.2 Å². The Labute approximate surface area is 180 Å². The van der Waals surface area contributed by atoms with E-state index in [9.17, 15) is 23.1 Å². The summed E-state index contributed by atoms with van der Waals surface area (Å²) in [6.07, 6.45) is -4.99. The number of ether oxygens (including phenoxy) is 2. The van der Waals surface area contributed by atoms with Gasteiger partial charge in [0.15, 0.2) is 0 Å². The van der Waals surface area contributed by atoms with E-state index in [2.05, 4.69) is 0 Å². The third kappa shape index (κ3) is 4.71. The highest BCUT2D eigenvalue weighted by Gasteiger charge is 2.41. The predicted octanol–water partition coefficient (Wildman–Crippen LogP) is 1.38. The number of fused-ring (bicyclic) bond motifs is 1. The van der Waals surface area contributed by atoms with Crippen molar-refractivity contribution in [3.63, 3.8) is 0 Å². The fourth-order valence-electron chi connectivity index (χ4n) is 2.80. The van der Waals surface area contributed by atoms with Crippen LogP contribution in [0.4, 0.5) is 13.2 Å². The summed E-state index contributed by atoms with van der Waals surface area (Å²) in [6.45, 7) is 0.0715. The summed E-state index contributed by atoms with van der Waals surface area (Å²) in [5.41, 5.74) is -1.25. The number of methoxy groups -OCH3 is 1. The van der Waals surface area contributed by atoms with Gasteiger partial charge in [-0.1, -0.05) is 0 Å². The molecule has 0 atom stereocenters.